The minimum Gasteiger partial charge on any atom is -0.497 e. The molecule has 1 amide bonds. The van der Waals surface area contributed by atoms with Gasteiger partial charge in [0, 0.05) is 37.1 Å². The lowest BCUT2D eigenvalue weighted by molar-refractivity contribution is -0.117. The minimum absolute atomic E-state index is 0.0503. The molecule has 2 aromatic carbocycles. The van der Waals surface area contributed by atoms with Gasteiger partial charge in [0.1, 0.15) is 5.75 Å². The fourth-order valence-electron chi connectivity index (χ4n) is 3.84. The summed E-state index contributed by atoms with van der Waals surface area (Å²) in [7, 11) is 1.67. The standard InChI is InChI=1S/C23H29N3O2/c1-28-22-12-4-18(5-13-22)16-26(21-10-11-21)17-23(27)24-19-6-8-20(9-7-19)25-14-2-3-15-25/h4-9,12-13,21H,2-3,10-11,14-17H2,1H3,(H,24,27). The Morgan fingerprint density at radius 2 is 1.75 bits per heavy atom. The van der Waals surface area contributed by atoms with Gasteiger partial charge in [-0.3, -0.25) is 9.69 Å². The number of amides is 1. The van der Waals surface area contributed by atoms with Crippen LogP contribution in [0.1, 0.15) is 31.2 Å². The van der Waals surface area contributed by atoms with Crippen LogP contribution < -0.4 is 15.0 Å². The van der Waals surface area contributed by atoms with Crippen LogP contribution in [0.25, 0.3) is 0 Å². The Bertz CT molecular complexity index is 778. The Morgan fingerprint density at radius 3 is 2.36 bits per heavy atom. The van der Waals surface area contributed by atoms with Crippen LogP contribution in [-0.4, -0.2) is 43.6 Å². The number of nitrogens with one attached hydrogen (secondary N) is 1. The number of methoxy groups -OCH3 is 1. The highest BCUT2D eigenvalue weighted by Crippen LogP contribution is 2.28. The van der Waals surface area contributed by atoms with Crippen molar-refractivity contribution in [1.29, 1.82) is 0 Å². The second kappa shape index (κ2) is 8.65. The number of nitrogens with zero attached hydrogens (tertiary/aromatic N) is 2. The lowest BCUT2D eigenvalue weighted by Gasteiger charge is -2.22. The summed E-state index contributed by atoms with van der Waals surface area (Å²) in [4.78, 5) is 17.3. The molecule has 1 aliphatic heterocycles. The molecule has 2 aliphatic rings. The van der Waals surface area contributed by atoms with Gasteiger partial charge in [0.25, 0.3) is 0 Å². The van der Waals surface area contributed by atoms with Crippen molar-refractivity contribution in [3.8, 4) is 5.75 Å². The van der Waals surface area contributed by atoms with Crippen LogP contribution in [0.15, 0.2) is 48.5 Å². The van der Waals surface area contributed by atoms with Crippen LogP contribution >= 0.6 is 0 Å². The molecule has 0 unspecified atom stereocenters. The summed E-state index contributed by atoms with van der Waals surface area (Å²) < 4.78 is 5.23. The molecule has 5 heteroatoms. The van der Waals surface area contributed by atoms with Crippen LogP contribution in [0.3, 0.4) is 0 Å². The van der Waals surface area contributed by atoms with E-state index in [1.807, 2.05) is 24.3 Å². The maximum absolute atomic E-state index is 12.6. The number of hydrogen-bond acceptors (Lipinski definition) is 4. The van der Waals surface area contributed by atoms with Gasteiger partial charge < -0.3 is 15.0 Å². The van der Waals surface area contributed by atoms with Crippen LogP contribution in [0, 0.1) is 0 Å². The zero-order valence-corrected chi connectivity index (χ0v) is 16.6. The van der Waals surface area contributed by atoms with Gasteiger partial charge in [-0.1, -0.05) is 12.1 Å². The fraction of sp³-hybridized carbons (Fsp3) is 0.435. The Balaban J connectivity index is 1.32. The van der Waals surface area contributed by atoms with Gasteiger partial charge >= 0.3 is 0 Å². The molecule has 0 aromatic heterocycles. The van der Waals surface area contributed by atoms with Gasteiger partial charge in [-0.15, -0.1) is 0 Å². The summed E-state index contributed by atoms with van der Waals surface area (Å²) in [6.07, 6.45) is 4.88. The van der Waals surface area contributed by atoms with E-state index in [0.717, 1.165) is 31.1 Å². The Hall–Kier alpha value is -2.53. The second-order valence-electron chi connectivity index (χ2n) is 7.77. The first kappa shape index (κ1) is 18.8. The van der Waals surface area contributed by atoms with Crippen LogP contribution in [0.5, 0.6) is 5.75 Å². The quantitative estimate of drug-likeness (QED) is 0.756. The molecule has 1 N–H and O–H groups in total. The summed E-state index contributed by atoms with van der Waals surface area (Å²) >= 11 is 0. The molecule has 1 saturated carbocycles. The zero-order valence-electron chi connectivity index (χ0n) is 16.6. The molecule has 28 heavy (non-hydrogen) atoms. The number of carbonyl (C=O) groups excluding carboxylic acids is 1. The fourth-order valence-corrected chi connectivity index (χ4v) is 3.84. The predicted octanol–water partition coefficient (Wildman–Crippen LogP) is 3.90. The van der Waals surface area contributed by atoms with Gasteiger partial charge in [0.15, 0.2) is 0 Å². The van der Waals surface area contributed by atoms with Crippen molar-refractivity contribution in [1.82, 2.24) is 4.90 Å². The van der Waals surface area contributed by atoms with Crippen molar-refractivity contribution >= 4 is 17.3 Å². The van der Waals surface area contributed by atoms with Crippen molar-refractivity contribution in [3.05, 3.63) is 54.1 Å². The molecule has 5 nitrogen and oxygen atoms in total. The molecular weight excluding hydrogens is 350 g/mol. The first-order chi connectivity index (χ1) is 13.7. The van der Waals surface area contributed by atoms with E-state index in [1.54, 1.807) is 7.11 Å². The second-order valence-corrected chi connectivity index (χ2v) is 7.77. The molecule has 2 fully saturated rings. The Kier molecular flexibility index (Phi) is 5.81. The van der Waals surface area contributed by atoms with Gasteiger partial charge in [-0.05, 0) is 67.6 Å². The molecule has 1 heterocycles. The van der Waals surface area contributed by atoms with E-state index in [9.17, 15) is 4.79 Å². The van der Waals surface area contributed by atoms with Gasteiger partial charge in [0.2, 0.25) is 5.91 Å². The monoisotopic (exact) mass is 379 g/mol. The summed E-state index contributed by atoms with van der Waals surface area (Å²) in [5.41, 5.74) is 3.32. The van der Waals surface area contributed by atoms with Crippen molar-refractivity contribution in [2.45, 2.75) is 38.3 Å². The first-order valence-corrected chi connectivity index (χ1v) is 10.2. The summed E-state index contributed by atoms with van der Waals surface area (Å²) in [6.45, 7) is 3.47. The first-order valence-electron chi connectivity index (χ1n) is 10.2. The van der Waals surface area contributed by atoms with Crippen molar-refractivity contribution < 1.29 is 9.53 Å². The third-order valence-electron chi connectivity index (χ3n) is 5.58. The van der Waals surface area contributed by atoms with E-state index in [-0.39, 0.29) is 5.91 Å². The van der Waals surface area contributed by atoms with Gasteiger partial charge in [-0.25, -0.2) is 0 Å². The molecule has 0 spiro atoms. The zero-order chi connectivity index (χ0) is 19.3. The normalized spacial score (nSPS) is 16.4. The molecule has 0 bridgehead atoms. The summed E-state index contributed by atoms with van der Waals surface area (Å²) in [5, 5.41) is 3.06. The van der Waals surface area contributed by atoms with Crippen LogP contribution in [0.2, 0.25) is 0 Å². The molecular formula is C23H29N3O2. The number of ether oxygens (including phenoxy) is 1. The molecule has 1 aliphatic carbocycles. The smallest absolute Gasteiger partial charge is 0.238 e. The van der Waals surface area contributed by atoms with Crippen molar-refractivity contribution in [3.63, 3.8) is 0 Å². The average molecular weight is 380 g/mol. The van der Waals surface area contributed by atoms with E-state index in [1.165, 1.54) is 36.9 Å². The van der Waals surface area contributed by atoms with E-state index < -0.39 is 0 Å². The third-order valence-corrected chi connectivity index (χ3v) is 5.58. The maximum Gasteiger partial charge on any atom is 0.238 e. The molecule has 0 atom stereocenters. The number of carbonyl (C=O) groups is 1. The molecule has 1 saturated heterocycles. The number of hydrogen-bond donors (Lipinski definition) is 1. The topological polar surface area (TPSA) is 44.8 Å². The number of anilines is 2. The third kappa shape index (κ3) is 4.84. The van der Waals surface area contributed by atoms with E-state index in [4.69, 9.17) is 4.74 Å². The van der Waals surface area contributed by atoms with Crippen molar-refractivity contribution in [2.24, 2.45) is 0 Å². The maximum atomic E-state index is 12.6. The minimum atomic E-state index is 0.0503. The molecule has 148 valence electrons. The largest absolute Gasteiger partial charge is 0.497 e. The number of rotatable bonds is 8. The predicted molar refractivity (Wildman–Crippen MR) is 113 cm³/mol. The molecule has 4 rings (SSSR count). The lowest BCUT2D eigenvalue weighted by Crippen LogP contribution is -2.34. The van der Waals surface area contributed by atoms with E-state index in [2.05, 4.69) is 39.4 Å². The van der Waals surface area contributed by atoms with Crippen LogP contribution in [-0.2, 0) is 11.3 Å². The van der Waals surface area contributed by atoms with Gasteiger partial charge in [0.05, 0.1) is 13.7 Å². The van der Waals surface area contributed by atoms with Crippen molar-refractivity contribution in [2.75, 3.05) is 37.0 Å². The highest BCUT2D eigenvalue weighted by molar-refractivity contribution is 5.92. The number of benzene rings is 2. The SMILES string of the molecule is COc1ccc(CN(CC(=O)Nc2ccc(N3CCCC3)cc2)C2CC2)cc1. The van der Waals surface area contributed by atoms with E-state index in [0.29, 0.717) is 12.6 Å². The summed E-state index contributed by atoms with van der Waals surface area (Å²) in [6, 6.07) is 16.9. The lowest BCUT2D eigenvalue weighted by atomic mass is 10.2. The van der Waals surface area contributed by atoms with Gasteiger partial charge in [-0.2, -0.15) is 0 Å². The Morgan fingerprint density at radius 1 is 1.07 bits per heavy atom. The Labute approximate surface area is 167 Å². The van der Waals surface area contributed by atoms with E-state index >= 15 is 0 Å². The average Bonchev–Trinajstić information content (AvgIpc) is 3.43. The highest BCUT2D eigenvalue weighted by Gasteiger charge is 2.30. The van der Waals surface area contributed by atoms with Crippen LogP contribution in [0.4, 0.5) is 11.4 Å². The molecule has 0 radical (unpaired) electrons. The summed E-state index contributed by atoms with van der Waals surface area (Å²) in [5.74, 6) is 0.908. The highest BCUT2D eigenvalue weighted by atomic mass is 16.5. The molecule has 2 aromatic rings.